The Labute approximate surface area is 211 Å². The minimum atomic E-state index is -0.604. The number of likely N-dealkylation sites (tertiary alicyclic amines) is 1. The molecule has 0 radical (unpaired) electrons. The number of hydroxylamine groups is 1. The fraction of sp³-hybridized carbons (Fsp3) is 0.481. The number of hydrogen-bond donors (Lipinski definition) is 2. The highest BCUT2D eigenvalue weighted by Gasteiger charge is 2.57. The Morgan fingerprint density at radius 2 is 1.75 bits per heavy atom. The van der Waals surface area contributed by atoms with Crippen molar-refractivity contribution in [2.75, 3.05) is 25.4 Å². The van der Waals surface area contributed by atoms with Crippen LogP contribution in [0.4, 0.5) is 5.95 Å². The topological polar surface area (TPSA) is 106 Å². The number of hydrogen-bond acceptors (Lipinski definition) is 8. The highest BCUT2D eigenvalue weighted by Crippen LogP contribution is 2.54. The number of aliphatic imine (C=N–C) groups is 1. The monoisotopic (exact) mass is 486 g/mol. The average molecular weight is 487 g/mol. The quantitative estimate of drug-likeness (QED) is 0.503. The van der Waals surface area contributed by atoms with Gasteiger partial charge in [0.2, 0.25) is 11.8 Å². The van der Waals surface area contributed by atoms with Crippen LogP contribution in [0.3, 0.4) is 0 Å². The lowest BCUT2D eigenvalue weighted by atomic mass is 9.68. The Hall–Kier alpha value is -3.30. The van der Waals surface area contributed by atoms with Crippen LogP contribution < -0.4 is 11.2 Å². The van der Waals surface area contributed by atoms with Crippen molar-refractivity contribution in [1.29, 1.82) is 0 Å². The number of rotatable bonds is 8. The molecule has 3 aromatic rings. The summed E-state index contributed by atoms with van der Waals surface area (Å²) in [5.74, 6) is 1.41. The standard InChI is InChI=1S/C27H34N8O/c1-26(23-9-10-23,22-7-5-19(6-8-22)20-15-29-25(28)30-16-20)27(2)32-24(36-33-27)21-17-31-35(18-21)14-13-34-11-3-4-12-34/h5-8,15-18,23,33H,3-4,9-14H2,1-2H3,(H2,28,29,30)/t26-,27?/m0/s1. The molecule has 9 heteroatoms. The van der Waals surface area contributed by atoms with Crippen LogP contribution in [0.15, 0.2) is 54.0 Å². The molecular weight excluding hydrogens is 452 g/mol. The lowest BCUT2D eigenvalue weighted by molar-refractivity contribution is 0.0644. The lowest BCUT2D eigenvalue weighted by Gasteiger charge is -2.41. The highest BCUT2D eigenvalue weighted by molar-refractivity contribution is 5.94. The molecule has 3 N–H and O–H groups in total. The summed E-state index contributed by atoms with van der Waals surface area (Å²) in [6.45, 7) is 8.74. The lowest BCUT2D eigenvalue weighted by Crippen LogP contribution is -2.54. The van der Waals surface area contributed by atoms with Crippen molar-refractivity contribution >= 4 is 11.8 Å². The van der Waals surface area contributed by atoms with Crippen molar-refractivity contribution in [1.82, 2.24) is 30.1 Å². The average Bonchev–Trinajstić information content (AvgIpc) is 3.25. The van der Waals surface area contributed by atoms with E-state index in [2.05, 4.69) is 63.6 Å². The number of nitrogens with two attached hydrogens (primary N) is 1. The van der Waals surface area contributed by atoms with E-state index in [4.69, 9.17) is 15.6 Å². The second-order valence-electron chi connectivity index (χ2n) is 10.6. The van der Waals surface area contributed by atoms with Gasteiger partial charge in [-0.1, -0.05) is 31.2 Å². The highest BCUT2D eigenvalue weighted by atomic mass is 16.7. The van der Waals surface area contributed by atoms with Gasteiger partial charge in [0, 0.05) is 36.1 Å². The van der Waals surface area contributed by atoms with Gasteiger partial charge in [-0.05, 0) is 62.7 Å². The van der Waals surface area contributed by atoms with E-state index < -0.39 is 5.66 Å². The third-order valence-electron chi connectivity index (χ3n) is 8.29. The molecule has 0 spiro atoms. The fourth-order valence-electron chi connectivity index (χ4n) is 5.66. The van der Waals surface area contributed by atoms with Crippen LogP contribution in [0.1, 0.15) is 50.7 Å². The van der Waals surface area contributed by atoms with Crippen LogP contribution in [0, 0.1) is 5.92 Å². The van der Waals surface area contributed by atoms with Gasteiger partial charge in [-0.15, -0.1) is 5.48 Å². The van der Waals surface area contributed by atoms with E-state index in [1.54, 1.807) is 12.4 Å². The molecule has 1 saturated carbocycles. The zero-order valence-corrected chi connectivity index (χ0v) is 21.0. The number of anilines is 1. The van der Waals surface area contributed by atoms with E-state index >= 15 is 0 Å². The first kappa shape index (κ1) is 23.1. The molecule has 1 unspecified atom stereocenters. The van der Waals surface area contributed by atoms with Crippen molar-refractivity contribution in [2.24, 2.45) is 10.9 Å². The Kier molecular flexibility index (Phi) is 5.76. The zero-order valence-electron chi connectivity index (χ0n) is 21.0. The Morgan fingerprint density at radius 3 is 2.44 bits per heavy atom. The van der Waals surface area contributed by atoms with Crippen LogP contribution in [0.25, 0.3) is 11.1 Å². The molecule has 2 aromatic heterocycles. The van der Waals surface area contributed by atoms with Crippen LogP contribution in [-0.2, 0) is 16.8 Å². The van der Waals surface area contributed by atoms with Gasteiger partial charge in [0.25, 0.3) is 0 Å². The maximum atomic E-state index is 6.00. The number of benzene rings is 1. The summed E-state index contributed by atoms with van der Waals surface area (Å²) in [5, 5.41) is 4.56. The fourth-order valence-corrected chi connectivity index (χ4v) is 5.66. The molecule has 1 aromatic carbocycles. The van der Waals surface area contributed by atoms with E-state index in [0.29, 0.717) is 11.8 Å². The third-order valence-corrected chi connectivity index (χ3v) is 8.29. The summed E-state index contributed by atoms with van der Waals surface area (Å²) in [4.78, 5) is 21.9. The number of nitrogens with zero attached hydrogens (tertiary/aromatic N) is 6. The van der Waals surface area contributed by atoms with E-state index in [1.807, 2.05) is 17.1 Å². The second kappa shape index (κ2) is 8.97. The summed E-state index contributed by atoms with van der Waals surface area (Å²) in [5.41, 5.74) is 12.2. The first-order valence-electron chi connectivity index (χ1n) is 12.9. The smallest absolute Gasteiger partial charge is 0.245 e. The van der Waals surface area contributed by atoms with Crippen molar-refractivity contribution < 1.29 is 4.84 Å². The molecule has 2 aliphatic heterocycles. The van der Waals surface area contributed by atoms with E-state index in [9.17, 15) is 0 Å². The molecule has 36 heavy (non-hydrogen) atoms. The molecule has 1 saturated heterocycles. The van der Waals surface area contributed by atoms with Crippen molar-refractivity contribution in [3.8, 4) is 11.1 Å². The van der Waals surface area contributed by atoms with Crippen LogP contribution in [0.5, 0.6) is 0 Å². The van der Waals surface area contributed by atoms with Crippen LogP contribution in [0.2, 0.25) is 0 Å². The molecular formula is C27H34N8O. The first-order chi connectivity index (χ1) is 17.4. The van der Waals surface area contributed by atoms with Gasteiger partial charge >= 0.3 is 0 Å². The minimum Gasteiger partial charge on any atom is -0.386 e. The maximum Gasteiger partial charge on any atom is 0.245 e. The Bertz CT molecular complexity index is 1240. The molecule has 4 heterocycles. The summed E-state index contributed by atoms with van der Waals surface area (Å²) < 4.78 is 1.99. The van der Waals surface area contributed by atoms with Crippen LogP contribution in [-0.4, -0.2) is 55.8 Å². The van der Waals surface area contributed by atoms with E-state index in [0.717, 1.165) is 29.8 Å². The molecule has 3 aliphatic rings. The summed E-state index contributed by atoms with van der Waals surface area (Å²) >= 11 is 0. The molecule has 1 aliphatic carbocycles. The van der Waals surface area contributed by atoms with Crippen molar-refractivity contribution in [3.05, 3.63) is 60.2 Å². The second-order valence-corrected chi connectivity index (χ2v) is 10.6. The maximum absolute atomic E-state index is 6.00. The molecule has 188 valence electrons. The minimum absolute atomic E-state index is 0.239. The SMILES string of the molecule is CC1([C@@](C)(c2ccc(-c3cnc(N)nc3)cc2)C2CC2)N=C(c2cnn(CCN3CCCC3)c2)ON1. The number of aromatic nitrogens is 4. The predicted molar refractivity (Wildman–Crippen MR) is 139 cm³/mol. The molecule has 0 bridgehead atoms. The van der Waals surface area contributed by atoms with Gasteiger partial charge in [-0.3, -0.25) is 4.68 Å². The Balaban J connectivity index is 1.23. The number of nitrogens with one attached hydrogen (secondary N) is 1. The van der Waals surface area contributed by atoms with Crippen molar-refractivity contribution in [3.63, 3.8) is 0 Å². The predicted octanol–water partition coefficient (Wildman–Crippen LogP) is 3.38. The molecule has 2 fully saturated rings. The van der Waals surface area contributed by atoms with Gasteiger partial charge in [0.15, 0.2) is 5.66 Å². The zero-order chi connectivity index (χ0) is 24.8. The summed E-state index contributed by atoms with van der Waals surface area (Å²) in [7, 11) is 0. The molecule has 0 amide bonds. The van der Waals surface area contributed by atoms with Gasteiger partial charge in [-0.2, -0.15) is 5.10 Å². The molecule has 9 nitrogen and oxygen atoms in total. The molecule has 6 rings (SSSR count). The third kappa shape index (κ3) is 4.16. The Morgan fingerprint density at radius 1 is 1.03 bits per heavy atom. The largest absolute Gasteiger partial charge is 0.386 e. The van der Waals surface area contributed by atoms with Gasteiger partial charge in [0.05, 0.1) is 18.3 Å². The normalized spacial score (nSPS) is 23.9. The van der Waals surface area contributed by atoms with E-state index in [1.165, 1.54) is 44.3 Å². The summed E-state index contributed by atoms with van der Waals surface area (Å²) in [6, 6.07) is 8.64. The molecule has 2 atom stereocenters. The summed E-state index contributed by atoms with van der Waals surface area (Å²) in [6.07, 6.45) is 12.4. The van der Waals surface area contributed by atoms with Crippen LogP contribution >= 0.6 is 0 Å². The number of nitrogen functional groups attached to an aromatic ring is 1. The van der Waals surface area contributed by atoms with Gasteiger partial charge in [-0.25, -0.2) is 15.0 Å². The van der Waals surface area contributed by atoms with Gasteiger partial charge < -0.3 is 15.5 Å². The van der Waals surface area contributed by atoms with Gasteiger partial charge in [0.1, 0.15) is 0 Å². The first-order valence-corrected chi connectivity index (χ1v) is 12.9. The van der Waals surface area contributed by atoms with E-state index in [-0.39, 0.29) is 11.4 Å². The van der Waals surface area contributed by atoms with Crippen molar-refractivity contribution in [2.45, 2.75) is 57.2 Å².